The SMILES string of the molecule is Cc1nn(-c2ccccc2)c(C)c1NCC(=O)N[C@@H](C)c1ccco1. The molecule has 1 amide bonds. The van der Waals surface area contributed by atoms with Gasteiger partial charge >= 0.3 is 0 Å². The largest absolute Gasteiger partial charge is 0.467 e. The third kappa shape index (κ3) is 3.74. The highest BCUT2D eigenvalue weighted by Gasteiger charge is 2.15. The van der Waals surface area contributed by atoms with Crippen LogP contribution in [0.4, 0.5) is 5.69 Å². The van der Waals surface area contributed by atoms with Crippen molar-refractivity contribution in [3.05, 3.63) is 65.9 Å². The Morgan fingerprint density at radius 3 is 2.64 bits per heavy atom. The van der Waals surface area contributed by atoms with Crippen molar-refractivity contribution >= 4 is 11.6 Å². The van der Waals surface area contributed by atoms with E-state index in [4.69, 9.17) is 4.42 Å². The van der Waals surface area contributed by atoms with Crippen molar-refractivity contribution in [3.8, 4) is 5.69 Å². The van der Waals surface area contributed by atoms with E-state index in [1.807, 2.05) is 61.9 Å². The second-order valence-electron chi connectivity index (χ2n) is 5.95. The molecule has 0 fully saturated rings. The van der Waals surface area contributed by atoms with Gasteiger partial charge in [-0.25, -0.2) is 4.68 Å². The minimum absolute atomic E-state index is 0.102. The van der Waals surface area contributed by atoms with Crippen molar-refractivity contribution in [1.29, 1.82) is 0 Å². The highest BCUT2D eigenvalue weighted by molar-refractivity contribution is 5.81. The molecule has 0 unspecified atom stereocenters. The van der Waals surface area contributed by atoms with Crippen LogP contribution in [0.2, 0.25) is 0 Å². The number of amides is 1. The molecule has 6 nitrogen and oxygen atoms in total. The number of furan rings is 1. The molecule has 0 bridgehead atoms. The molecule has 3 aromatic rings. The Balaban J connectivity index is 1.65. The Hall–Kier alpha value is -3.02. The number of hydrogen-bond donors (Lipinski definition) is 2. The number of nitrogens with zero attached hydrogens (tertiary/aromatic N) is 2. The van der Waals surface area contributed by atoms with Crippen molar-refractivity contribution in [2.45, 2.75) is 26.8 Å². The quantitative estimate of drug-likeness (QED) is 0.723. The molecule has 25 heavy (non-hydrogen) atoms. The van der Waals surface area contributed by atoms with Crippen LogP contribution in [0, 0.1) is 13.8 Å². The molecule has 0 spiro atoms. The first-order valence-corrected chi connectivity index (χ1v) is 8.24. The zero-order valence-electron chi connectivity index (χ0n) is 14.6. The van der Waals surface area contributed by atoms with Crippen molar-refractivity contribution in [1.82, 2.24) is 15.1 Å². The van der Waals surface area contributed by atoms with Gasteiger partial charge in [0.15, 0.2) is 0 Å². The number of nitrogens with one attached hydrogen (secondary N) is 2. The van der Waals surface area contributed by atoms with Crippen LogP contribution in [0.5, 0.6) is 0 Å². The first-order chi connectivity index (χ1) is 12.1. The van der Waals surface area contributed by atoms with Crippen LogP contribution < -0.4 is 10.6 Å². The predicted octanol–water partition coefficient (Wildman–Crippen LogP) is 3.37. The topological polar surface area (TPSA) is 72.1 Å². The molecule has 0 aliphatic carbocycles. The molecule has 6 heteroatoms. The smallest absolute Gasteiger partial charge is 0.239 e. The Bertz CT molecular complexity index is 838. The number of para-hydroxylation sites is 1. The summed E-state index contributed by atoms with van der Waals surface area (Å²) in [5.41, 5.74) is 3.69. The van der Waals surface area contributed by atoms with E-state index in [1.165, 1.54) is 0 Å². The van der Waals surface area contributed by atoms with Crippen molar-refractivity contribution < 1.29 is 9.21 Å². The van der Waals surface area contributed by atoms with E-state index in [0.29, 0.717) is 0 Å². The number of carbonyl (C=O) groups is 1. The van der Waals surface area contributed by atoms with E-state index in [2.05, 4.69) is 15.7 Å². The Morgan fingerprint density at radius 1 is 1.20 bits per heavy atom. The van der Waals surface area contributed by atoms with Crippen LogP contribution in [0.25, 0.3) is 5.69 Å². The van der Waals surface area contributed by atoms with E-state index in [9.17, 15) is 4.79 Å². The lowest BCUT2D eigenvalue weighted by atomic mass is 10.2. The van der Waals surface area contributed by atoms with Gasteiger partial charge < -0.3 is 15.1 Å². The molecular formula is C19H22N4O2. The maximum absolute atomic E-state index is 12.2. The van der Waals surface area contributed by atoms with Crippen LogP contribution in [0.1, 0.15) is 30.1 Å². The van der Waals surface area contributed by atoms with Gasteiger partial charge in [-0.3, -0.25) is 4.79 Å². The summed E-state index contributed by atoms with van der Waals surface area (Å²) in [5, 5.41) is 10.7. The number of anilines is 1. The average molecular weight is 338 g/mol. The van der Waals surface area contributed by atoms with Gasteiger partial charge in [0, 0.05) is 0 Å². The minimum Gasteiger partial charge on any atom is -0.467 e. The summed E-state index contributed by atoms with van der Waals surface area (Å²) in [6.45, 7) is 5.98. The summed E-state index contributed by atoms with van der Waals surface area (Å²) in [6, 6.07) is 13.4. The number of aryl methyl sites for hydroxylation is 1. The van der Waals surface area contributed by atoms with Gasteiger partial charge in [-0.05, 0) is 45.0 Å². The van der Waals surface area contributed by atoms with E-state index >= 15 is 0 Å². The fraction of sp³-hybridized carbons (Fsp3) is 0.263. The number of benzene rings is 1. The lowest BCUT2D eigenvalue weighted by molar-refractivity contribution is -0.120. The summed E-state index contributed by atoms with van der Waals surface area (Å²) in [7, 11) is 0. The molecule has 0 saturated heterocycles. The van der Waals surface area contributed by atoms with Gasteiger partial charge in [0.25, 0.3) is 0 Å². The zero-order chi connectivity index (χ0) is 17.8. The fourth-order valence-corrected chi connectivity index (χ4v) is 2.79. The predicted molar refractivity (Wildman–Crippen MR) is 96.8 cm³/mol. The second kappa shape index (κ2) is 7.25. The van der Waals surface area contributed by atoms with Gasteiger partial charge in [-0.15, -0.1) is 0 Å². The molecule has 0 aliphatic heterocycles. The lowest BCUT2D eigenvalue weighted by Crippen LogP contribution is -2.32. The maximum atomic E-state index is 12.2. The monoisotopic (exact) mass is 338 g/mol. The van der Waals surface area contributed by atoms with Crippen LogP contribution in [-0.4, -0.2) is 22.2 Å². The standard InChI is InChI=1S/C19H22N4O2/c1-13(17-10-7-11-25-17)21-18(24)12-20-19-14(2)22-23(15(19)3)16-8-5-4-6-9-16/h4-11,13,20H,12H2,1-3H3,(H,21,24)/t13-/m0/s1. The molecule has 2 N–H and O–H groups in total. The number of rotatable bonds is 6. The maximum Gasteiger partial charge on any atom is 0.239 e. The molecule has 1 aromatic carbocycles. The van der Waals surface area contributed by atoms with Crippen LogP contribution in [0.15, 0.2) is 53.1 Å². The van der Waals surface area contributed by atoms with Crippen molar-refractivity contribution in [2.75, 3.05) is 11.9 Å². The molecule has 2 aromatic heterocycles. The van der Waals surface area contributed by atoms with Gasteiger partial charge in [0.1, 0.15) is 5.76 Å². The van der Waals surface area contributed by atoms with Gasteiger partial charge in [0.2, 0.25) is 5.91 Å². The van der Waals surface area contributed by atoms with Crippen LogP contribution >= 0.6 is 0 Å². The van der Waals surface area contributed by atoms with Crippen molar-refractivity contribution in [3.63, 3.8) is 0 Å². The molecule has 2 heterocycles. The number of aromatic nitrogens is 2. The van der Waals surface area contributed by atoms with E-state index in [1.54, 1.807) is 12.3 Å². The summed E-state index contributed by atoms with van der Waals surface area (Å²) >= 11 is 0. The molecule has 0 saturated carbocycles. The van der Waals surface area contributed by atoms with Gasteiger partial charge in [0.05, 0.1) is 41.6 Å². The van der Waals surface area contributed by atoms with Gasteiger partial charge in [-0.2, -0.15) is 5.10 Å². The Morgan fingerprint density at radius 2 is 1.96 bits per heavy atom. The van der Waals surface area contributed by atoms with Crippen LogP contribution in [0.3, 0.4) is 0 Å². The van der Waals surface area contributed by atoms with E-state index < -0.39 is 0 Å². The molecule has 3 rings (SSSR count). The first kappa shape index (κ1) is 16.8. The normalized spacial score (nSPS) is 12.0. The second-order valence-corrected chi connectivity index (χ2v) is 5.95. The highest BCUT2D eigenvalue weighted by Crippen LogP contribution is 2.22. The zero-order valence-corrected chi connectivity index (χ0v) is 14.6. The van der Waals surface area contributed by atoms with Crippen molar-refractivity contribution in [2.24, 2.45) is 0 Å². The molecule has 130 valence electrons. The summed E-state index contributed by atoms with van der Waals surface area (Å²) in [5.74, 6) is 0.632. The molecule has 1 atom stereocenters. The minimum atomic E-state index is -0.168. The average Bonchev–Trinajstić information content (AvgIpc) is 3.23. The molecular weight excluding hydrogens is 316 g/mol. The summed E-state index contributed by atoms with van der Waals surface area (Å²) in [6.07, 6.45) is 1.60. The van der Waals surface area contributed by atoms with E-state index in [-0.39, 0.29) is 18.5 Å². The lowest BCUT2D eigenvalue weighted by Gasteiger charge is -2.12. The molecule has 0 radical (unpaired) electrons. The first-order valence-electron chi connectivity index (χ1n) is 8.24. The third-order valence-electron chi connectivity index (χ3n) is 4.07. The van der Waals surface area contributed by atoms with Gasteiger partial charge in [-0.1, -0.05) is 18.2 Å². The Labute approximate surface area is 146 Å². The van der Waals surface area contributed by atoms with E-state index in [0.717, 1.165) is 28.5 Å². The highest BCUT2D eigenvalue weighted by atomic mass is 16.3. The third-order valence-corrected chi connectivity index (χ3v) is 4.07. The number of hydrogen-bond acceptors (Lipinski definition) is 4. The fourth-order valence-electron chi connectivity index (χ4n) is 2.79. The van der Waals surface area contributed by atoms with Crippen LogP contribution in [-0.2, 0) is 4.79 Å². The summed E-state index contributed by atoms with van der Waals surface area (Å²) in [4.78, 5) is 12.2. The molecule has 0 aliphatic rings. The Kier molecular flexibility index (Phi) is 4.88. The summed E-state index contributed by atoms with van der Waals surface area (Å²) < 4.78 is 7.18. The number of carbonyl (C=O) groups excluding carboxylic acids is 1.